The summed E-state index contributed by atoms with van der Waals surface area (Å²) in [5.74, 6) is 0.340. The molecule has 0 unspecified atom stereocenters. The summed E-state index contributed by atoms with van der Waals surface area (Å²) in [6.07, 6.45) is 3.10. The maximum absolute atomic E-state index is 11.2. The van der Waals surface area contributed by atoms with Gasteiger partial charge in [0, 0.05) is 18.0 Å². The number of halogens is 2. The predicted octanol–water partition coefficient (Wildman–Crippen LogP) is 2.61. The van der Waals surface area contributed by atoms with Crippen molar-refractivity contribution in [3.8, 4) is 5.75 Å². The molecule has 0 saturated carbocycles. The molecular weight excluding hydrogens is 323 g/mol. The normalized spacial score (nSPS) is 11.3. The molecule has 0 spiro atoms. The summed E-state index contributed by atoms with van der Waals surface area (Å²) in [4.78, 5) is 3.79. The molecule has 0 aliphatic rings. The third-order valence-electron chi connectivity index (χ3n) is 2.47. The number of nitrogens with zero attached hydrogens (tertiary/aromatic N) is 1. The second kappa shape index (κ2) is 5.97. The van der Waals surface area contributed by atoms with Gasteiger partial charge in [-0.2, -0.15) is 0 Å². The molecule has 5 nitrogen and oxygen atoms in total. The first-order valence-electron chi connectivity index (χ1n) is 5.41. The molecule has 0 atom stereocenters. The van der Waals surface area contributed by atoms with E-state index in [2.05, 4.69) is 4.98 Å². The molecule has 2 N–H and O–H groups in total. The van der Waals surface area contributed by atoms with Crippen LogP contribution in [-0.4, -0.2) is 13.4 Å². The minimum atomic E-state index is -3.79. The number of nitrogens with two attached hydrogens (primary N) is 1. The zero-order valence-electron chi connectivity index (χ0n) is 10.1. The summed E-state index contributed by atoms with van der Waals surface area (Å²) in [6, 6.07) is 5.72. The molecule has 0 aliphatic heterocycles. The lowest BCUT2D eigenvalue weighted by Crippen LogP contribution is -2.12. The topological polar surface area (TPSA) is 82.3 Å². The molecular formula is C12H10Cl2N2O3S. The van der Waals surface area contributed by atoms with Gasteiger partial charge >= 0.3 is 0 Å². The molecule has 0 aliphatic carbocycles. The summed E-state index contributed by atoms with van der Waals surface area (Å²) in [5.41, 5.74) is 0.744. The first-order valence-corrected chi connectivity index (χ1v) is 7.71. The van der Waals surface area contributed by atoms with E-state index in [1.54, 1.807) is 12.3 Å². The Hall–Kier alpha value is -1.34. The third-order valence-corrected chi connectivity index (χ3v) is 4.02. The zero-order valence-corrected chi connectivity index (χ0v) is 12.4. The zero-order chi connectivity index (χ0) is 14.8. The second-order valence-electron chi connectivity index (χ2n) is 3.89. The van der Waals surface area contributed by atoms with Gasteiger partial charge < -0.3 is 4.74 Å². The molecule has 2 rings (SSSR count). The van der Waals surface area contributed by atoms with Crippen LogP contribution < -0.4 is 9.88 Å². The van der Waals surface area contributed by atoms with Gasteiger partial charge in [-0.15, -0.1) is 0 Å². The van der Waals surface area contributed by atoms with Crippen LogP contribution in [0.1, 0.15) is 5.56 Å². The van der Waals surface area contributed by atoms with Crippen LogP contribution in [-0.2, 0) is 16.6 Å². The van der Waals surface area contributed by atoms with Crippen LogP contribution in [0.3, 0.4) is 0 Å². The van der Waals surface area contributed by atoms with Gasteiger partial charge in [0.2, 0.25) is 10.0 Å². The largest absolute Gasteiger partial charge is 0.487 e. The number of ether oxygens (including phenoxy) is 1. The lowest BCUT2D eigenvalue weighted by atomic mass is 10.3. The maximum atomic E-state index is 11.2. The van der Waals surface area contributed by atoms with Crippen LogP contribution >= 0.6 is 23.2 Å². The monoisotopic (exact) mass is 332 g/mol. The Morgan fingerprint density at radius 3 is 2.55 bits per heavy atom. The van der Waals surface area contributed by atoms with Crippen molar-refractivity contribution in [1.82, 2.24) is 4.98 Å². The highest BCUT2D eigenvalue weighted by Gasteiger charge is 2.11. The van der Waals surface area contributed by atoms with Gasteiger partial charge in [0.15, 0.2) is 0 Å². The van der Waals surface area contributed by atoms with E-state index in [9.17, 15) is 8.42 Å². The van der Waals surface area contributed by atoms with Gasteiger partial charge in [-0.3, -0.25) is 4.98 Å². The average Bonchev–Trinajstić information content (AvgIpc) is 2.38. The second-order valence-corrected chi connectivity index (χ2v) is 6.27. The van der Waals surface area contributed by atoms with E-state index in [-0.39, 0.29) is 16.5 Å². The van der Waals surface area contributed by atoms with Crippen molar-refractivity contribution in [3.05, 3.63) is 52.3 Å². The molecule has 106 valence electrons. The summed E-state index contributed by atoms with van der Waals surface area (Å²) >= 11 is 11.9. The quantitative estimate of drug-likeness (QED) is 0.932. The van der Waals surface area contributed by atoms with Crippen molar-refractivity contribution in [2.24, 2.45) is 5.14 Å². The molecule has 2 aromatic rings. The minimum absolute atomic E-state index is 0.0724. The maximum Gasteiger partial charge on any atom is 0.238 e. The SMILES string of the molecule is NS(=O)(=O)c1ccc(OCc2ccncc2Cl)c(Cl)c1. The van der Waals surface area contributed by atoms with E-state index in [1.165, 1.54) is 24.4 Å². The van der Waals surface area contributed by atoms with Crippen LogP contribution in [0.2, 0.25) is 10.0 Å². The summed E-state index contributed by atoms with van der Waals surface area (Å²) in [7, 11) is -3.79. The lowest BCUT2D eigenvalue weighted by molar-refractivity contribution is 0.306. The van der Waals surface area contributed by atoms with Crippen LogP contribution in [0.25, 0.3) is 0 Å². The Morgan fingerprint density at radius 1 is 1.20 bits per heavy atom. The van der Waals surface area contributed by atoms with E-state index in [0.29, 0.717) is 10.8 Å². The Morgan fingerprint density at radius 2 is 1.95 bits per heavy atom. The minimum Gasteiger partial charge on any atom is -0.487 e. The molecule has 0 fully saturated rings. The summed E-state index contributed by atoms with van der Waals surface area (Å²) in [5, 5.41) is 5.64. The van der Waals surface area contributed by atoms with Crippen LogP contribution in [0, 0.1) is 0 Å². The fourth-order valence-electron chi connectivity index (χ4n) is 1.45. The van der Waals surface area contributed by atoms with Crippen LogP contribution in [0.5, 0.6) is 5.75 Å². The Kier molecular flexibility index (Phi) is 4.49. The number of aromatic nitrogens is 1. The molecule has 8 heteroatoms. The Balaban J connectivity index is 2.17. The fraction of sp³-hybridized carbons (Fsp3) is 0.0833. The van der Waals surface area contributed by atoms with Gasteiger partial charge in [0.25, 0.3) is 0 Å². The number of hydrogen-bond acceptors (Lipinski definition) is 4. The van der Waals surface area contributed by atoms with Gasteiger partial charge in [-0.05, 0) is 24.3 Å². The Labute approximate surface area is 126 Å². The van der Waals surface area contributed by atoms with Crippen molar-refractivity contribution in [3.63, 3.8) is 0 Å². The number of rotatable bonds is 4. The predicted molar refractivity (Wildman–Crippen MR) is 76.4 cm³/mol. The molecule has 1 aromatic carbocycles. The number of sulfonamides is 1. The van der Waals surface area contributed by atoms with Crippen molar-refractivity contribution in [1.29, 1.82) is 0 Å². The molecule has 0 bridgehead atoms. The number of pyridine rings is 1. The Bertz CT molecular complexity index is 735. The van der Waals surface area contributed by atoms with Crippen molar-refractivity contribution < 1.29 is 13.2 Å². The first kappa shape index (κ1) is 15.1. The first-order chi connectivity index (χ1) is 9.38. The molecule has 1 heterocycles. The highest BCUT2D eigenvalue weighted by molar-refractivity contribution is 7.89. The van der Waals surface area contributed by atoms with E-state index in [0.717, 1.165) is 5.56 Å². The van der Waals surface area contributed by atoms with Crippen LogP contribution in [0.4, 0.5) is 0 Å². The van der Waals surface area contributed by atoms with Crippen molar-refractivity contribution in [2.75, 3.05) is 0 Å². The van der Waals surface area contributed by atoms with Gasteiger partial charge in [0.05, 0.1) is 14.9 Å². The average molecular weight is 333 g/mol. The number of benzene rings is 1. The molecule has 20 heavy (non-hydrogen) atoms. The van der Waals surface area contributed by atoms with E-state index in [1.807, 2.05) is 0 Å². The lowest BCUT2D eigenvalue weighted by Gasteiger charge is -2.09. The van der Waals surface area contributed by atoms with E-state index >= 15 is 0 Å². The van der Waals surface area contributed by atoms with E-state index in [4.69, 9.17) is 33.1 Å². The smallest absolute Gasteiger partial charge is 0.238 e. The van der Waals surface area contributed by atoms with Crippen molar-refractivity contribution >= 4 is 33.2 Å². The molecule has 1 aromatic heterocycles. The van der Waals surface area contributed by atoms with Gasteiger partial charge in [0.1, 0.15) is 12.4 Å². The highest BCUT2D eigenvalue weighted by Crippen LogP contribution is 2.28. The third kappa shape index (κ3) is 3.61. The summed E-state index contributed by atoms with van der Waals surface area (Å²) < 4.78 is 27.8. The van der Waals surface area contributed by atoms with Crippen LogP contribution in [0.15, 0.2) is 41.6 Å². The standard InChI is InChI=1S/C12H10Cl2N2O3S/c13-10-5-9(20(15,17)18)1-2-12(10)19-7-8-3-4-16-6-11(8)14/h1-6H,7H2,(H2,15,17,18). The van der Waals surface area contributed by atoms with Gasteiger partial charge in [-0.1, -0.05) is 23.2 Å². The van der Waals surface area contributed by atoms with E-state index < -0.39 is 10.0 Å². The van der Waals surface area contributed by atoms with Crippen molar-refractivity contribution in [2.45, 2.75) is 11.5 Å². The molecule has 0 radical (unpaired) electrons. The summed E-state index contributed by atoms with van der Waals surface area (Å²) in [6.45, 7) is 0.190. The molecule has 0 saturated heterocycles. The molecule has 0 amide bonds. The number of primary sulfonamides is 1. The van der Waals surface area contributed by atoms with Gasteiger partial charge in [-0.25, -0.2) is 13.6 Å². The highest BCUT2D eigenvalue weighted by atomic mass is 35.5. The number of hydrogen-bond donors (Lipinski definition) is 1. The fourth-order valence-corrected chi connectivity index (χ4v) is 2.47.